The van der Waals surface area contributed by atoms with Gasteiger partial charge in [-0.05, 0) is 0 Å². The Kier molecular flexibility index (Phi) is 5.51. The van der Waals surface area contributed by atoms with Crippen LogP contribution < -0.4 is 5.73 Å². The summed E-state index contributed by atoms with van der Waals surface area (Å²) in [5.41, 5.74) is 5.65. The van der Waals surface area contributed by atoms with E-state index in [1.54, 1.807) is 0 Å². The third-order valence-electron chi connectivity index (χ3n) is 1.82. The fraction of sp³-hybridized carbons (Fsp3) is 0.778. The van der Waals surface area contributed by atoms with Gasteiger partial charge in [-0.25, -0.2) is 0 Å². The fourth-order valence-electron chi connectivity index (χ4n) is 1.19. The Morgan fingerprint density at radius 1 is 1.44 bits per heavy atom. The molecule has 0 saturated carbocycles. The zero-order valence-corrected chi connectivity index (χ0v) is 9.74. The summed E-state index contributed by atoms with van der Waals surface area (Å²) in [4.78, 5) is 3.85. The lowest BCUT2D eigenvalue weighted by molar-refractivity contribution is -0.177. The largest absolute Gasteiger partial charge is 0.411 e. The molecule has 2 N–H and O–H groups in total. The van der Waals surface area contributed by atoms with Gasteiger partial charge in [0.2, 0.25) is 5.89 Å². The smallest absolute Gasteiger partial charge is 0.383 e. The highest BCUT2D eigenvalue weighted by molar-refractivity contribution is 4.87. The van der Waals surface area contributed by atoms with Crippen molar-refractivity contribution in [3.05, 3.63) is 11.7 Å². The molecule has 0 spiro atoms. The van der Waals surface area contributed by atoms with E-state index in [2.05, 4.69) is 14.9 Å². The van der Waals surface area contributed by atoms with Crippen LogP contribution in [0.5, 0.6) is 0 Å². The Bertz CT molecular complexity index is 356. The van der Waals surface area contributed by atoms with Gasteiger partial charge in [0.15, 0.2) is 5.82 Å². The number of nitrogens with zero attached hydrogens (tertiary/aromatic N) is 2. The minimum atomic E-state index is -4.37. The molecule has 18 heavy (non-hydrogen) atoms. The second kappa shape index (κ2) is 6.66. The van der Waals surface area contributed by atoms with Gasteiger partial charge >= 0.3 is 6.18 Å². The van der Waals surface area contributed by atoms with Crippen molar-refractivity contribution in [2.45, 2.75) is 25.2 Å². The molecule has 0 bridgehead atoms. The number of alkyl halides is 3. The summed E-state index contributed by atoms with van der Waals surface area (Å²) in [5, 5.41) is 3.47. The molecule has 104 valence electrons. The number of nitrogens with two attached hydrogens (primary N) is 1. The van der Waals surface area contributed by atoms with E-state index in [9.17, 15) is 13.2 Å². The first-order chi connectivity index (χ1) is 8.40. The lowest BCUT2D eigenvalue weighted by atomic mass is 10.2. The van der Waals surface area contributed by atoms with Gasteiger partial charge in [0.05, 0.1) is 6.61 Å². The van der Waals surface area contributed by atoms with E-state index in [-0.39, 0.29) is 24.4 Å². The third-order valence-corrected chi connectivity index (χ3v) is 1.82. The average molecular weight is 269 g/mol. The van der Waals surface area contributed by atoms with E-state index >= 15 is 0 Å². The van der Waals surface area contributed by atoms with Crippen molar-refractivity contribution in [3.63, 3.8) is 0 Å². The van der Waals surface area contributed by atoms with E-state index < -0.39 is 12.8 Å². The molecule has 9 heteroatoms. The van der Waals surface area contributed by atoms with Gasteiger partial charge in [0, 0.05) is 19.6 Å². The van der Waals surface area contributed by atoms with Gasteiger partial charge in [-0.15, -0.1) is 0 Å². The maximum absolute atomic E-state index is 11.8. The molecule has 0 aliphatic rings. The van der Waals surface area contributed by atoms with Crippen LogP contribution in [0.4, 0.5) is 13.2 Å². The summed E-state index contributed by atoms with van der Waals surface area (Å²) in [5.74, 6) is 0.295. The van der Waals surface area contributed by atoms with E-state index in [4.69, 9.17) is 15.0 Å². The van der Waals surface area contributed by atoms with Crippen molar-refractivity contribution in [1.29, 1.82) is 0 Å². The lowest BCUT2D eigenvalue weighted by Crippen LogP contribution is -2.28. The van der Waals surface area contributed by atoms with Crippen molar-refractivity contribution >= 4 is 0 Å². The summed E-state index contributed by atoms with van der Waals surface area (Å²) in [6, 6.07) is -0.306. The first kappa shape index (κ1) is 14.9. The van der Waals surface area contributed by atoms with E-state index in [1.165, 1.54) is 7.11 Å². The van der Waals surface area contributed by atoms with Crippen molar-refractivity contribution in [3.8, 4) is 0 Å². The van der Waals surface area contributed by atoms with Gasteiger partial charge in [-0.1, -0.05) is 5.16 Å². The Morgan fingerprint density at radius 3 is 2.78 bits per heavy atom. The van der Waals surface area contributed by atoms with Gasteiger partial charge in [-0.2, -0.15) is 18.2 Å². The second-order valence-corrected chi connectivity index (χ2v) is 3.63. The zero-order valence-electron chi connectivity index (χ0n) is 9.74. The average Bonchev–Trinajstić information content (AvgIpc) is 2.64. The fourth-order valence-corrected chi connectivity index (χ4v) is 1.19. The van der Waals surface area contributed by atoms with Crippen molar-refractivity contribution < 1.29 is 27.2 Å². The molecule has 0 saturated heterocycles. The SMILES string of the molecule is COCC(N)Cc1nc(COCC(F)(F)F)no1. The van der Waals surface area contributed by atoms with Crippen LogP contribution in [-0.4, -0.2) is 42.7 Å². The van der Waals surface area contributed by atoms with Crippen LogP contribution in [0.1, 0.15) is 11.7 Å². The maximum atomic E-state index is 11.8. The molecule has 1 aromatic heterocycles. The maximum Gasteiger partial charge on any atom is 0.411 e. The highest BCUT2D eigenvalue weighted by atomic mass is 19.4. The molecular formula is C9H14F3N3O3. The lowest BCUT2D eigenvalue weighted by Gasteiger charge is -2.05. The second-order valence-electron chi connectivity index (χ2n) is 3.63. The molecule has 1 unspecified atom stereocenters. The van der Waals surface area contributed by atoms with E-state index in [0.717, 1.165) is 0 Å². The first-order valence-electron chi connectivity index (χ1n) is 5.11. The minimum absolute atomic E-state index is 0.0545. The zero-order chi connectivity index (χ0) is 13.6. The molecule has 0 amide bonds. The number of hydrogen-bond donors (Lipinski definition) is 1. The molecule has 1 aromatic rings. The summed E-state index contributed by atoms with van der Waals surface area (Å²) in [6.07, 6.45) is -4.08. The summed E-state index contributed by atoms with van der Waals surface area (Å²) < 4.78 is 49.4. The molecular weight excluding hydrogens is 255 g/mol. The Hall–Kier alpha value is -1.19. The quantitative estimate of drug-likeness (QED) is 0.783. The molecule has 1 atom stereocenters. The Morgan fingerprint density at radius 2 is 2.17 bits per heavy atom. The predicted molar refractivity (Wildman–Crippen MR) is 53.6 cm³/mol. The number of ether oxygens (including phenoxy) is 2. The Balaban J connectivity index is 2.34. The van der Waals surface area contributed by atoms with Gasteiger partial charge in [-0.3, -0.25) is 0 Å². The minimum Gasteiger partial charge on any atom is -0.383 e. The van der Waals surface area contributed by atoms with E-state index in [0.29, 0.717) is 13.0 Å². The number of hydrogen-bond acceptors (Lipinski definition) is 6. The van der Waals surface area contributed by atoms with E-state index in [1.807, 2.05) is 0 Å². The van der Waals surface area contributed by atoms with Gasteiger partial charge in [0.1, 0.15) is 13.2 Å². The number of methoxy groups -OCH3 is 1. The molecule has 1 rings (SSSR count). The van der Waals surface area contributed by atoms with Crippen LogP contribution in [0, 0.1) is 0 Å². The van der Waals surface area contributed by atoms with Crippen LogP contribution in [0.2, 0.25) is 0 Å². The molecule has 0 aromatic carbocycles. The number of halogens is 3. The molecule has 0 radical (unpaired) electrons. The van der Waals surface area contributed by atoms with Crippen LogP contribution in [0.3, 0.4) is 0 Å². The topological polar surface area (TPSA) is 83.4 Å². The van der Waals surface area contributed by atoms with Crippen LogP contribution in [-0.2, 0) is 22.5 Å². The summed E-state index contributed by atoms with van der Waals surface area (Å²) >= 11 is 0. The van der Waals surface area contributed by atoms with Crippen molar-refractivity contribution in [2.75, 3.05) is 20.3 Å². The highest BCUT2D eigenvalue weighted by Gasteiger charge is 2.27. The van der Waals surface area contributed by atoms with Crippen molar-refractivity contribution in [2.24, 2.45) is 5.73 Å². The standard InChI is InChI=1S/C9H14F3N3O3/c1-16-3-6(13)2-8-14-7(15-18-8)4-17-5-9(10,11)12/h6H,2-5,13H2,1H3. The molecule has 1 heterocycles. The normalized spacial score (nSPS) is 13.8. The monoisotopic (exact) mass is 269 g/mol. The number of aromatic nitrogens is 2. The number of rotatable bonds is 7. The van der Waals surface area contributed by atoms with Crippen LogP contribution in [0.25, 0.3) is 0 Å². The summed E-state index contributed by atoms with van der Waals surface area (Å²) in [7, 11) is 1.50. The summed E-state index contributed by atoms with van der Waals surface area (Å²) in [6.45, 7) is -1.38. The van der Waals surface area contributed by atoms with Crippen molar-refractivity contribution in [1.82, 2.24) is 10.1 Å². The van der Waals surface area contributed by atoms with Crippen LogP contribution >= 0.6 is 0 Å². The van der Waals surface area contributed by atoms with Crippen LogP contribution in [0.15, 0.2) is 4.52 Å². The highest BCUT2D eigenvalue weighted by Crippen LogP contribution is 2.15. The third kappa shape index (κ3) is 5.94. The van der Waals surface area contributed by atoms with Gasteiger partial charge in [0.25, 0.3) is 0 Å². The molecule has 0 aliphatic heterocycles. The first-order valence-corrected chi connectivity index (χ1v) is 5.11. The predicted octanol–water partition coefficient (Wildman–Crippen LogP) is 0.665. The molecule has 0 aliphatic carbocycles. The Labute approximate surface area is 101 Å². The molecule has 6 nitrogen and oxygen atoms in total. The van der Waals surface area contributed by atoms with Gasteiger partial charge < -0.3 is 19.7 Å². The molecule has 0 fully saturated rings.